The van der Waals surface area contributed by atoms with Gasteiger partial charge in [-0.15, -0.1) is 0 Å². The summed E-state index contributed by atoms with van der Waals surface area (Å²) in [6.45, 7) is 9.79. The number of aryl methyl sites for hydroxylation is 2. The summed E-state index contributed by atoms with van der Waals surface area (Å²) in [6, 6.07) is 10.7. The van der Waals surface area contributed by atoms with Crippen LogP contribution in [-0.2, 0) is 17.8 Å². The predicted octanol–water partition coefficient (Wildman–Crippen LogP) is 2.93. The lowest BCUT2D eigenvalue weighted by molar-refractivity contribution is -0.130. The SMILES string of the molecule is CCc1nc(CN2C[C@@H]3CN(C(C)=O)[C@@H](c4ccccc4)[C@@H]3C2)c(C)[nH]1. The van der Waals surface area contributed by atoms with Gasteiger partial charge in [-0.2, -0.15) is 0 Å². The van der Waals surface area contributed by atoms with E-state index in [1.807, 2.05) is 6.07 Å². The molecule has 1 amide bonds. The van der Waals surface area contributed by atoms with E-state index in [1.165, 1.54) is 17.0 Å². The molecule has 2 aliphatic heterocycles. The summed E-state index contributed by atoms with van der Waals surface area (Å²) in [5, 5.41) is 0. The summed E-state index contributed by atoms with van der Waals surface area (Å²) < 4.78 is 0. The number of H-pyrrole nitrogens is 1. The van der Waals surface area contributed by atoms with E-state index < -0.39 is 0 Å². The van der Waals surface area contributed by atoms with Crippen molar-refractivity contribution in [2.24, 2.45) is 11.8 Å². The highest BCUT2D eigenvalue weighted by molar-refractivity contribution is 5.74. The van der Waals surface area contributed by atoms with E-state index in [0.717, 1.165) is 38.4 Å². The van der Waals surface area contributed by atoms with E-state index in [4.69, 9.17) is 4.98 Å². The number of aromatic amines is 1. The molecule has 2 aliphatic rings. The van der Waals surface area contributed by atoms with Crippen molar-refractivity contribution in [2.45, 2.75) is 39.8 Å². The molecule has 3 heterocycles. The number of carbonyl (C=O) groups is 1. The Bertz CT molecular complexity index is 785. The van der Waals surface area contributed by atoms with Gasteiger partial charge in [0.05, 0.1) is 11.7 Å². The Balaban J connectivity index is 1.53. The highest BCUT2D eigenvalue weighted by atomic mass is 16.2. The van der Waals surface area contributed by atoms with Crippen molar-refractivity contribution in [1.29, 1.82) is 0 Å². The number of rotatable bonds is 4. The van der Waals surface area contributed by atoms with Crippen LogP contribution < -0.4 is 0 Å². The molecule has 0 unspecified atom stereocenters. The molecule has 1 aromatic heterocycles. The molecule has 0 bridgehead atoms. The first-order chi connectivity index (χ1) is 12.6. The molecule has 2 fully saturated rings. The van der Waals surface area contributed by atoms with Crippen molar-refractivity contribution < 1.29 is 4.79 Å². The molecule has 4 rings (SSSR count). The van der Waals surface area contributed by atoms with E-state index in [0.29, 0.717) is 11.8 Å². The van der Waals surface area contributed by atoms with Crippen LogP contribution in [0, 0.1) is 18.8 Å². The van der Waals surface area contributed by atoms with Gasteiger partial charge in [-0.25, -0.2) is 4.98 Å². The molecule has 2 saturated heterocycles. The Hall–Kier alpha value is -2.14. The van der Waals surface area contributed by atoms with Crippen LogP contribution in [0.4, 0.5) is 0 Å². The summed E-state index contributed by atoms with van der Waals surface area (Å²) in [4.78, 5) is 24.9. The van der Waals surface area contributed by atoms with Crippen LogP contribution in [0.25, 0.3) is 0 Å². The van der Waals surface area contributed by atoms with Crippen molar-refractivity contribution in [3.8, 4) is 0 Å². The highest BCUT2D eigenvalue weighted by Gasteiger charge is 2.48. The van der Waals surface area contributed by atoms with E-state index in [1.54, 1.807) is 6.92 Å². The molecule has 5 heteroatoms. The molecule has 138 valence electrons. The normalized spacial score (nSPS) is 25.7. The third-order valence-electron chi connectivity index (χ3n) is 6.03. The summed E-state index contributed by atoms with van der Waals surface area (Å²) in [5.41, 5.74) is 3.62. The zero-order chi connectivity index (χ0) is 18.3. The fraction of sp³-hybridized carbons (Fsp3) is 0.524. The van der Waals surface area contributed by atoms with Crippen LogP contribution in [0.5, 0.6) is 0 Å². The Morgan fingerprint density at radius 2 is 2.00 bits per heavy atom. The number of fused-ring (bicyclic) bond motifs is 1. The Morgan fingerprint density at radius 1 is 1.23 bits per heavy atom. The number of nitrogens with one attached hydrogen (secondary N) is 1. The maximum atomic E-state index is 12.2. The average molecular weight is 352 g/mol. The molecule has 0 radical (unpaired) electrons. The van der Waals surface area contributed by atoms with Gasteiger partial charge in [0, 0.05) is 51.1 Å². The average Bonchev–Trinajstić information content (AvgIpc) is 3.28. The van der Waals surface area contributed by atoms with Crippen LogP contribution in [0.2, 0.25) is 0 Å². The minimum Gasteiger partial charge on any atom is -0.346 e. The second-order valence-electron chi connectivity index (χ2n) is 7.75. The van der Waals surface area contributed by atoms with Crippen LogP contribution in [0.3, 0.4) is 0 Å². The number of benzene rings is 1. The molecule has 0 saturated carbocycles. The Kier molecular flexibility index (Phi) is 4.57. The van der Waals surface area contributed by atoms with Gasteiger partial charge in [0.2, 0.25) is 5.91 Å². The smallest absolute Gasteiger partial charge is 0.219 e. The number of hydrogen-bond acceptors (Lipinski definition) is 3. The minimum absolute atomic E-state index is 0.190. The largest absolute Gasteiger partial charge is 0.346 e. The van der Waals surface area contributed by atoms with Gasteiger partial charge in [0.15, 0.2) is 0 Å². The van der Waals surface area contributed by atoms with Crippen LogP contribution in [0.15, 0.2) is 30.3 Å². The maximum absolute atomic E-state index is 12.2. The summed E-state index contributed by atoms with van der Waals surface area (Å²) in [5.74, 6) is 2.32. The lowest BCUT2D eigenvalue weighted by Crippen LogP contribution is -2.34. The number of carbonyl (C=O) groups excluding carboxylic acids is 1. The van der Waals surface area contributed by atoms with Gasteiger partial charge in [0.25, 0.3) is 0 Å². The van der Waals surface area contributed by atoms with Crippen LogP contribution in [-0.4, -0.2) is 45.3 Å². The quantitative estimate of drug-likeness (QED) is 0.920. The summed E-state index contributed by atoms with van der Waals surface area (Å²) >= 11 is 0. The number of imidazole rings is 1. The molecular formula is C21H28N4O. The highest BCUT2D eigenvalue weighted by Crippen LogP contribution is 2.45. The zero-order valence-corrected chi connectivity index (χ0v) is 15.9. The van der Waals surface area contributed by atoms with Crippen molar-refractivity contribution >= 4 is 5.91 Å². The molecule has 1 aromatic carbocycles. The van der Waals surface area contributed by atoms with Gasteiger partial charge in [-0.05, 0) is 18.4 Å². The first-order valence-corrected chi connectivity index (χ1v) is 9.65. The minimum atomic E-state index is 0.190. The molecule has 2 aromatic rings. The van der Waals surface area contributed by atoms with Crippen molar-refractivity contribution in [3.63, 3.8) is 0 Å². The third kappa shape index (κ3) is 3.05. The number of nitrogens with zero attached hydrogens (tertiary/aromatic N) is 3. The van der Waals surface area contributed by atoms with E-state index in [2.05, 4.69) is 52.9 Å². The molecular weight excluding hydrogens is 324 g/mol. The van der Waals surface area contributed by atoms with Crippen LogP contribution >= 0.6 is 0 Å². The zero-order valence-electron chi connectivity index (χ0n) is 15.9. The Labute approximate surface area is 155 Å². The number of hydrogen-bond donors (Lipinski definition) is 1. The fourth-order valence-electron chi connectivity index (χ4n) is 4.76. The first kappa shape index (κ1) is 17.3. The standard InChI is InChI=1S/C21H28N4O/c1-4-20-22-14(2)19(23-20)13-24-10-17-11-25(15(3)26)21(18(17)12-24)16-8-6-5-7-9-16/h5-9,17-18,21H,4,10-13H2,1-3H3,(H,22,23)/t17-,18-,21+/m1/s1. The number of likely N-dealkylation sites (tertiary alicyclic amines) is 2. The second-order valence-corrected chi connectivity index (χ2v) is 7.75. The monoisotopic (exact) mass is 352 g/mol. The summed E-state index contributed by atoms with van der Waals surface area (Å²) in [7, 11) is 0. The topological polar surface area (TPSA) is 52.2 Å². The third-order valence-corrected chi connectivity index (χ3v) is 6.03. The first-order valence-electron chi connectivity index (χ1n) is 9.65. The van der Waals surface area contributed by atoms with E-state index >= 15 is 0 Å². The molecule has 26 heavy (non-hydrogen) atoms. The predicted molar refractivity (Wildman–Crippen MR) is 102 cm³/mol. The molecule has 0 aliphatic carbocycles. The van der Waals surface area contributed by atoms with Gasteiger partial charge < -0.3 is 9.88 Å². The molecule has 5 nitrogen and oxygen atoms in total. The van der Waals surface area contributed by atoms with Crippen molar-refractivity contribution in [2.75, 3.05) is 19.6 Å². The summed E-state index contributed by atoms with van der Waals surface area (Å²) in [6.07, 6.45) is 0.940. The van der Waals surface area contributed by atoms with Gasteiger partial charge in [-0.1, -0.05) is 37.3 Å². The number of aromatic nitrogens is 2. The van der Waals surface area contributed by atoms with Gasteiger partial charge in [0.1, 0.15) is 5.82 Å². The second kappa shape index (κ2) is 6.88. The van der Waals surface area contributed by atoms with Crippen molar-refractivity contribution in [1.82, 2.24) is 19.8 Å². The fourth-order valence-corrected chi connectivity index (χ4v) is 4.76. The van der Waals surface area contributed by atoms with Crippen LogP contribution in [0.1, 0.15) is 42.7 Å². The van der Waals surface area contributed by atoms with E-state index in [-0.39, 0.29) is 11.9 Å². The Morgan fingerprint density at radius 3 is 2.65 bits per heavy atom. The molecule has 3 atom stereocenters. The van der Waals surface area contributed by atoms with E-state index in [9.17, 15) is 4.79 Å². The maximum Gasteiger partial charge on any atom is 0.219 e. The van der Waals surface area contributed by atoms with Gasteiger partial charge >= 0.3 is 0 Å². The van der Waals surface area contributed by atoms with Gasteiger partial charge in [-0.3, -0.25) is 9.69 Å². The number of amides is 1. The lowest BCUT2D eigenvalue weighted by atomic mass is 9.89. The lowest BCUT2D eigenvalue weighted by Gasteiger charge is -2.29. The van der Waals surface area contributed by atoms with Crippen molar-refractivity contribution in [3.05, 3.63) is 53.1 Å². The molecule has 1 N–H and O–H groups in total. The molecule has 0 spiro atoms.